The van der Waals surface area contributed by atoms with E-state index in [1.807, 2.05) is 24.3 Å². The van der Waals surface area contributed by atoms with E-state index in [0.29, 0.717) is 12.2 Å². The molecule has 3 rings (SSSR count). The molecular weight excluding hydrogens is 344 g/mol. The molecule has 0 bridgehead atoms. The van der Waals surface area contributed by atoms with Crippen molar-refractivity contribution in [2.75, 3.05) is 20.6 Å². The van der Waals surface area contributed by atoms with Gasteiger partial charge in [-0.1, -0.05) is 28.1 Å². The van der Waals surface area contributed by atoms with Crippen LogP contribution in [0.1, 0.15) is 23.3 Å². The van der Waals surface area contributed by atoms with Crippen molar-refractivity contribution in [2.45, 2.75) is 18.4 Å². The van der Waals surface area contributed by atoms with E-state index < -0.39 is 0 Å². The normalized spacial score (nSPS) is 15.8. The number of halogens is 1. The topological polar surface area (TPSA) is 61.0 Å². The highest BCUT2D eigenvalue weighted by molar-refractivity contribution is 9.10. The van der Waals surface area contributed by atoms with Crippen LogP contribution in [0.4, 0.5) is 0 Å². The van der Waals surface area contributed by atoms with E-state index >= 15 is 0 Å². The van der Waals surface area contributed by atoms with Gasteiger partial charge in [-0.25, -0.2) is 0 Å². The first-order valence-corrected chi connectivity index (χ1v) is 8.06. The number of aromatic nitrogens is 2. The second kappa shape index (κ2) is 5.85. The molecule has 2 aromatic rings. The number of H-pyrrole nitrogens is 1. The second-order valence-electron chi connectivity index (χ2n) is 5.98. The third-order valence-electron chi connectivity index (χ3n) is 4.32. The van der Waals surface area contributed by atoms with E-state index in [1.165, 1.54) is 0 Å². The van der Waals surface area contributed by atoms with Gasteiger partial charge in [0.15, 0.2) is 0 Å². The fourth-order valence-corrected chi connectivity index (χ4v) is 2.74. The fraction of sp³-hybridized carbons (Fsp3) is 0.375. The van der Waals surface area contributed by atoms with Crippen LogP contribution in [-0.2, 0) is 0 Å². The molecule has 0 spiro atoms. The molecule has 0 radical (unpaired) electrons. The van der Waals surface area contributed by atoms with Crippen molar-refractivity contribution in [1.82, 2.24) is 20.4 Å². The van der Waals surface area contributed by atoms with Crippen LogP contribution < -0.4 is 5.32 Å². The number of hydrogen-bond donors (Lipinski definition) is 2. The van der Waals surface area contributed by atoms with Gasteiger partial charge in [0.1, 0.15) is 5.69 Å². The maximum absolute atomic E-state index is 12.2. The maximum atomic E-state index is 12.2. The van der Waals surface area contributed by atoms with E-state index in [1.54, 1.807) is 6.07 Å². The molecule has 0 unspecified atom stereocenters. The Kier molecular flexibility index (Phi) is 4.06. The molecule has 22 heavy (non-hydrogen) atoms. The first kappa shape index (κ1) is 15.2. The van der Waals surface area contributed by atoms with E-state index in [-0.39, 0.29) is 11.4 Å². The molecule has 1 heterocycles. The number of rotatable bonds is 5. The van der Waals surface area contributed by atoms with Crippen LogP contribution in [0.3, 0.4) is 0 Å². The molecule has 5 nitrogen and oxygen atoms in total. The van der Waals surface area contributed by atoms with Gasteiger partial charge in [-0.05, 0) is 45.1 Å². The summed E-state index contributed by atoms with van der Waals surface area (Å²) in [6, 6.07) is 9.63. The van der Waals surface area contributed by atoms with Gasteiger partial charge in [0.05, 0.1) is 5.69 Å². The van der Waals surface area contributed by atoms with Crippen LogP contribution in [0.5, 0.6) is 0 Å². The number of aromatic amines is 1. The molecule has 1 aliphatic rings. The average molecular weight is 363 g/mol. The largest absolute Gasteiger partial charge is 0.349 e. The van der Waals surface area contributed by atoms with Gasteiger partial charge in [-0.15, -0.1) is 0 Å². The van der Waals surface area contributed by atoms with Gasteiger partial charge in [0, 0.05) is 22.1 Å². The molecule has 116 valence electrons. The lowest BCUT2D eigenvalue weighted by molar-refractivity contribution is 0.0933. The number of hydrogen-bond acceptors (Lipinski definition) is 3. The molecule has 0 saturated heterocycles. The zero-order valence-electron chi connectivity index (χ0n) is 12.7. The van der Waals surface area contributed by atoms with E-state index in [0.717, 1.165) is 28.6 Å². The Balaban J connectivity index is 1.66. The highest BCUT2D eigenvalue weighted by Gasteiger charge is 2.44. The Labute approximate surface area is 138 Å². The van der Waals surface area contributed by atoms with Crippen LogP contribution in [-0.4, -0.2) is 47.2 Å². The lowest BCUT2D eigenvalue weighted by Gasteiger charge is -2.23. The highest BCUT2D eigenvalue weighted by Crippen LogP contribution is 2.39. The minimum atomic E-state index is -0.107. The number of nitrogens with zero attached hydrogens (tertiary/aromatic N) is 2. The fourth-order valence-electron chi connectivity index (χ4n) is 2.47. The first-order chi connectivity index (χ1) is 10.5. The molecule has 1 aromatic carbocycles. The Hall–Kier alpha value is -1.66. The molecule has 2 N–H and O–H groups in total. The van der Waals surface area contributed by atoms with Crippen molar-refractivity contribution >= 4 is 21.8 Å². The Morgan fingerprint density at radius 2 is 2.05 bits per heavy atom. The van der Waals surface area contributed by atoms with Gasteiger partial charge in [0.2, 0.25) is 0 Å². The molecule has 6 heteroatoms. The summed E-state index contributed by atoms with van der Waals surface area (Å²) in [7, 11) is 4.11. The molecule has 1 amide bonds. The zero-order valence-corrected chi connectivity index (χ0v) is 14.3. The van der Waals surface area contributed by atoms with E-state index in [2.05, 4.69) is 50.4 Å². The Morgan fingerprint density at radius 3 is 2.64 bits per heavy atom. The molecule has 1 aromatic heterocycles. The van der Waals surface area contributed by atoms with Gasteiger partial charge in [0.25, 0.3) is 5.91 Å². The Bertz CT molecular complexity index is 674. The summed E-state index contributed by atoms with van der Waals surface area (Å²) >= 11 is 3.41. The molecule has 0 atom stereocenters. The molecular formula is C16H19BrN4O. The van der Waals surface area contributed by atoms with Crippen molar-refractivity contribution < 1.29 is 4.79 Å². The van der Waals surface area contributed by atoms with E-state index in [4.69, 9.17) is 0 Å². The number of likely N-dealkylation sites (N-methyl/N-ethyl adjacent to an activating group) is 1. The molecule has 1 aliphatic carbocycles. The van der Waals surface area contributed by atoms with Crippen molar-refractivity contribution in [2.24, 2.45) is 0 Å². The van der Waals surface area contributed by atoms with Crippen LogP contribution >= 0.6 is 15.9 Å². The average Bonchev–Trinajstić information content (AvgIpc) is 3.15. The molecule has 1 saturated carbocycles. The predicted octanol–water partition coefficient (Wildman–Crippen LogP) is 2.66. The van der Waals surface area contributed by atoms with E-state index in [9.17, 15) is 4.79 Å². The van der Waals surface area contributed by atoms with Crippen LogP contribution in [0, 0.1) is 0 Å². The summed E-state index contributed by atoms with van der Waals surface area (Å²) in [5, 5.41) is 10.0. The minimum absolute atomic E-state index is 0.107. The van der Waals surface area contributed by atoms with Crippen molar-refractivity contribution in [3.8, 4) is 11.3 Å². The third-order valence-corrected chi connectivity index (χ3v) is 4.84. The summed E-state index contributed by atoms with van der Waals surface area (Å²) < 4.78 is 1.02. The summed E-state index contributed by atoms with van der Waals surface area (Å²) in [6.45, 7) is 0.672. The molecule has 1 fully saturated rings. The quantitative estimate of drug-likeness (QED) is 0.859. The third kappa shape index (κ3) is 3.08. The lowest BCUT2D eigenvalue weighted by atomic mass is 10.1. The standard InChI is InChI=1S/C16H19BrN4O/c1-21(2)16(7-8-16)10-18-15(22)14-9-13(19-20-14)11-3-5-12(17)6-4-11/h3-6,9H,7-8,10H2,1-2H3,(H,18,22)(H,19,20). The SMILES string of the molecule is CN(C)C1(CNC(=O)c2cc(-c3ccc(Br)cc3)n[nH]2)CC1. The number of amides is 1. The van der Waals surface area contributed by atoms with Gasteiger partial charge < -0.3 is 10.2 Å². The summed E-state index contributed by atoms with van der Waals surface area (Å²) in [5.41, 5.74) is 2.38. The monoisotopic (exact) mass is 362 g/mol. The smallest absolute Gasteiger partial charge is 0.269 e. The van der Waals surface area contributed by atoms with Crippen LogP contribution in [0.15, 0.2) is 34.8 Å². The van der Waals surface area contributed by atoms with Crippen molar-refractivity contribution in [3.05, 3.63) is 40.5 Å². The summed E-state index contributed by atoms with van der Waals surface area (Å²) in [5.74, 6) is -0.107. The zero-order chi connectivity index (χ0) is 15.7. The number of carbonyl (C=O) groups is 1. The second-order valence-corrected chi connectivity index (χ2v) is 6.89. The predicted molar refractivity (Wildman–Crippen MR) is 89.7 cm³/mol. The minimum Gasteiger partial charge on any atom is -0.349 e. The first-order valence-electron chi connectivity index (χ1n) is 7.27. The van der Waals surface area contributed by atoms with Crippen molar-refractivity contribution in [1.29, 1.82) is 0 Å². The van der Waals surface area contributed by atoms with Crippen LogP contribution in [0.2, 0.25) is 0 Å². The number of carbonyl (C=O) groups excluding carboxylic acids is 1. The number of nitrogens with one attached hydrogen (secondary N) is 2. The summed E-state index contributed by atoms with van der Waals surface area (Å²) in [6.07, 6.45) is 2.26. The van der Waals surface area contributed by atoms with Crippen LogP contribution in [0.25, 0.3) is 11.3 Å². The highest BCUT2D eigenvalue weighted by atomic mass is 79.9. The number of benzene rings is 1. The summed E-state index contributed by atoms with van der Waals surface area (Å²) in [4.78, 5) is 14.4. The molecule has 0 aliphatic heterocycles. The van der Waals surface area contributed by atoms with Gasteiger partial charge in [-0.3, -0.25) is 9.89 Å². The Morgan fingerprint density at radius 1 is 1.36 bits per heavy atom. The lowest BCUT2D eigenvalue weighted by Crippen LogP contribution is -2.42. The van der Waals surface area contributed by atoms with Crippen molar-refractivity contribution in [3.63, 3.8) is 0 Å². The maximum Gasteiger partial charge on any atom is 0.269 e. The van der Waals surface area contributed by atoms with Gasteiger partial charge >= 0.3 is 0 Å². The van der Waals surface area contributed by atoms with Gasteiger partial charge in [-0.2, -0.15) is 5.10 Å².